The molecule has 0 spiro atoms. The van der Waals surface area contributed by atoms with Crippen LogP contribution in [0.4, 0.5) is 0 Å². The van der Waals surface area contributed by atoms with Crippen molar-refractivity contribution in [2.75, 3.05) is 19.6 Å². The van der Waals surface area contributed by atoms with Crippen LogP contribution >= 0.6 is 34.8 Å². The third-order valence-electron chi connectivity index (χ3n) is 5.06. The molecule has 1 aromatic rings. The monoisotopic (exact) mass is 374 g/mol. The molecule has 1 amide bonds. The summed E-state index contributed by atoms with van der Waals surface area (Å²) in [5.41, 5.74) is 0.368. The smallest absolute Gasteiger partial charge is 0.229 e. The van der Waals surface area contributed by atoms with Gasteiger partial charge < -0.3 is 5.32 Å². The lowest BCUT2D eigenvalue weighted by Gasteiger charge is -2.29. The van der Waals surface area contributed by atoms with Crippen molar-refractivity contribution in [1.82, 2.24) is 10.2 Å². The number of carbonyl (C=O) groups excluding carboxylic acids is 1. The molecule has 0 bridgehead atoms. The predicted octanol–water partition coefficient (Wildman–Crippen LogP) is 4.18. The van der Waals surface area contributed by atoms with Gasteiger partial charge in [0.15, 0.2) is 0 Å². The lowest BCUT2D eigenvalue weighted by molar-refractivity contribution is -0.126. The molecule has 2 fully saturated rings. The zero-order chi connectivity index (χ0) is 16.7. The van der Waals surface area contributed by atoms with Gasteiger partial charge in [0.25, 0.3) is 0 Å². The number of hydrogen-bond donors (Lipinski definition) is 1. The second-order valence-corrected chi connectivity index (χ2v) is 8.59. The minimum Gasteiger partial charge on any atom is -0.354 e. The molecule has 1 saturated carbocycles. The summed E-state index contributed by atoms with van der Waals surface area (Å²) in [5, 5.41) is 3.77. The van der Waals surface area contributed by atoms with E-state index in [4.69, 9.17) is 34.8 Å². The molecule has 6 heteroatoms. The number of carbonyl (C=O) groups is 1. The van der Waals surface area contributed by atoms with Crippen LogP contribution in [0, 0.1) is 5.41 Å². The van der Waals surface area contributed by atoms with Crippen LogP contribution in [-0.2, 0) is 4.79 Å². The third kappa shape index (κ3) is 3.34. The van der Waals surface area contributed by atoms with Crippen LogP contribution in [0.25, 0.3) is 0 Å². The van der Waals surface area contributed by atoms with Crippen molar-refractivity contribution < 1.29 is 4.79 Å². The van der Waals surface area contributed by atoms with E-state index in [0.717, 1.165) is 23.7 Å². The van der Waals surface area contributed by atoms with Crippen LogP contribution in [0.2, 0.25) is 5.02 Å². The molecule has 2 atom stereocenters. The lowest BCUT2D eigenvalue weighted by atomic mass is 10.0. The van der Waals surface area contributed by atoms with Gasteiger partial charge >= 0.3 is 0 Å². The topological polar surface area (TPSA) is 32.3 Å². The van der Waals surface area contributed by atoms with E-state index in [1.54, 1.807) is 0 Å². The van der Waals surface area contributed by atoms with E-state index < -0.39 is 9.75 Å². The summed E-state index contributed by atoms with van der Waals surface area (Å²) in [4.78, 5) is 14.8. The maximum absolute atomic E-state index is 12.4. The van der Waals surface area contributed by atoms with Crippen molar-refractivity contribution in [3.05, 3.63) is 34.9 Å². The van der Waals surface area contributed by atoms with Gasteiger partial charge in [-0.1, -0.05) is 29.8 Å². The fourth-order valence-corrected chi connectivity index (χ4v) is 4.23. The fourth-order valence-electron chi connectivity index (χ4n) is 3.27. The van der Waals surface area contributed by atoms with E-state index in [1.807, 2.05) is 31.2 Å². The second kappa shape index (κ2) is 6.44. The molecule has 23 heavy (non-hydrogen) atoms. The largest absolute Gasteiger partial charge is 0.354 e. The molecule has 1 aromatic carbocycles. The molecule has 126 valence electrons. The molecular formula is C17H21Cl3N2O. The standard InChI is InChI=1S/C17H21Cl3N2O/c1-16(11-17(16,19)20)15(23)21-10-14(22-8-4-5-9-22)12-6-2-3-7-13(12)18/h2-3,6-7,14H,4-5,8-11H2,1H3,(H,21,23). The second-order valence-electron chi connectivity index (χ2n) is 6.70. The Morgan fingerprint density at radius 1 is 1.30 bits per heavy atom. The number of alkyl halides is 2. The number of halogens is 3. The first-order chi connectivity index (χ1) is 10.8. The Kier molecular flexibility index (Phi) is 4.85. The minimum atomic E-state index is -0.940. The molecule has 0 aromatic heterocycles. The molecule has 1 aliphatic heterocycles. The third-order valence-corrected chi connectivity index (χ3v) is 6.51. The highest BCUT2D eigenvalue weighted by Crippen LogP contribution is 2.63. The van der Waals surface area contributed by atoms with E-state index in [0.29, 0.717) is 13.0 Å². The highest BCUT2D eigenvalue weighted by Gasteiger charge is 2.67. The Balaban J connectivity index is 1.72. The Hall–Kier alpha value is -0.480. The molecule has 0 radical (unpaired) electrons. The van der Waals surface area contributed by atoms with Gasteiger partial charge in [-0.25, -0.2) is 0 Å². The van der Waals surface area contributed by atoms with Crippen molar-refractivity contribution in [3.63, 3.8) is 0 Å². The van der Waals surface area contributed by atoms with Gasteiger partial charge in [0.05, 0.1) is 11.5 Å². The highest BCUT2D eigenvalue weighted by atomic mass is 35.5. The van der Waals surface area contributed by atoms with Crippen molar-refractivity contribution in [2.24, 2.45) is 5.41 Å². The number of nitrogens with one attached hydrogen (secondary N) is 1. The molecular weight excluding hydrogens is 355 g/mol. The van der Waals surface area contributed by atoms with Crippen LogP contribution in [0.5, 0.6) is 0 Å². The van der Waals surface area contributed by atoms with Crippen LogP contribution in [-0.4, -0.2) is 34.8 Å². The maximum atomic E-state index is 12.4. The van der Waals surface area contributed by atoms with E-state index >= 15 is 0 Å². The molecule has 1 saturated heterocycles. The van der Waals surface area contributed by atoms with Gasteiger partial charge in [0.1, 0.15) is 4.33 Å². The first-order valence-corrected chi connectivity index (χ1v) is 9.13. The average molecular weight is 376 g/mol. The number of hydrogen-bond acceptors (Lipinski definition) is 2. The number of nitrogens with zero attached hydrogens (tertiary/aromatic N) is 1. The number of rotatable bonds is 5. The van der Waals surface area contributed by atoms with E-state index in [2.05, 4.69) is 10.2 Å². The molecule has 1 N–H and O–H groups in total. The van der Waals surface area contributed by atoms with E-state index in [-0.39, 0.29) is 11.9 Å². The Morgan fingerprint density at radius 2 is 1.91 bits per heavy atom. The quantitative estimate of drug-likeness (QED) is 0.783. The molecule has 2 aliphatic rings. The van der Waals surface area contributed by atoms with Gasteiger partial charge in [-0.05, 0) is 50.9 Å². The molecule has 3 rings (SSSR count). The summed E-state index contributed by atoms with van der Waals surface area (Å²) < 4.78 is -0.940. The van der Waals surface area contributed by atoms with Crippen molar-refractivity contribution >= 4 is 40.7 Å². The van der Waals surface area contributed by atoms with Gasteiger partial charge in [-0.2, -0.15) is 0 Å². The lowest BCUT2D eigenvalue weighted by Crippen LogP contribution is -2.40. The highest BCUT2D eigenvalue weighted by molar-refractivity contribution is 6.53. The molecule has 1 aliphatic carbocycles. The van der Waals surface area contributed by atoms with Crippen molar-refractivity contribution in [1.29, 1.82) is 0 Å². The summed E-state index contributed by atoms with van der Waals surface area (Å²) in [5.74, 6) is -0.0845. The van der Waals surface area contributed by atoms with E-state index in [1.165, 1.54) is 12.8 Å². The van der Waals surface area contributed by atoms with E-state index in [9.17, 15) is 4.79 Å². The van der Waals surface area contributed by atoms with Crippen molar-refractivity contribution in [3.8, 4) is 0 Å². The normalized spacial score (nSPS) is 27.7. The van der Waals surface area contributed by atoms with Gasteiger partial charge in [-0.15, -0.1) is 23.2 Å². The summed E-state index contributed by atoms with van der Waals surface area (Å²) in [6.45, 7) is 4.38. The summed E-state index contributed by atoms with van der Waals surface area (Å²) >= 11 is 18.6. The Bertz CT molecular complexity index is 601. The molecule has 2 unspecified atom stereocenters. The first-order valence-electron chi connectivity index (χ1n) is 8.00. The van der Waals surface area contributed by atoms with Crippen LogP contribution in [0.15, 0.2) is 24.3 Å². The zero-order valence-electron chi connectivity index (χ0n) is 13.1. The van der Waals surface area contributed by atoms with Crippen molar-refractivity contribution in [2.45, 2.75) is 36.6 Å². The Morgan fingerprint density at radius 3 is 2.48 bits per heavy atom. The zero-order valence-corrected chi connectivity index (χ0v) is 15.4. The summed E-state index contributed by atoms with van der Waals surface area (Å²) in [6, 6.07) is 7.91. The molecule has 1 heterocycles. The number of likely N-dealkylation sites (tertiary alicyclic amines) is 1. The van der Waals surface area contributed by atoms with Crippen LogP contribution < -0.4 is 5.32 Å². The fraction of sp³-hybridized carbons (Fsp3) is 0.588. The Labute approximate surface area is 152 Å². The minimum absolute atomic E-state index is 0.0811. The number of benzene rings is 1. The number of amides is 1. The SMILES string of the molecule is CC1(C(=O)NCC(c2ccccc2Cl)N2CCCC2)CC1(Cl)Cl. The first kappa shape index (κ1) is 17.3. The molecule has 3 nitrogen and oxygen atoms in total. The van der Waals surface area contributed by atoms with Crippen LogP contribution in [0.1, 0.15) is 37.8 Å². The van der Waals surface area contributed by atoms with Gasteiger partial charge in [-0.3, -0.25) is 9.69 Å². The maximum Gasteiger partial charge on any atom is 0.229 e. The average Bonchev–Trinajstić information content (AvgIpc) is 2.89. The summed E-state index contributed by atoms with van der Waals surface area (Å²) in [7, 11) is 0. The van der Waals surface area contributed by atoms with Gasteiger partial charge in [0.2, 0.25) is 5.91 Å². The van der Waals surface area contributed by atoms with Gasteiger partial charge in [0, 0.05) is 11.6 Å². The predicted molar refractivity (Wildman–Crippen MR) is 95.2 cm³/mol. The van der Waals surface area contributed by atoms with Crippen LogP contribution in [0.3, 0.4) is 0 Å². The summed E-state index contributed by atoms with van der Waals surface area (Å²) in [6.07, 6.45) is 2.85.